The van der Waals surface area contributed by atoms with Gasteiger partial charge in [0, 0.05) is 17.7 Å². The Bertz CT molecular complexity index is 1250. The first kappa shape index (κ1) is 20.9. The van der Waals surface area contributed by atoms with Crippen molar-refractivity contribution >= 4 is 17.7 Å². The van der Waals surface area contributed by atoms with Gasteiger partial charge in [-0.2, -0.15) is 4.98 Å². The lowest BCUT2D eigenvalue weighted by Gasteiger charge is -2.35. The van der Waals surface area contributed by atoms with E-state index in [2.05, 4.69) is 15.4 Å². The summed E-state index contributed by atoms with van der Waals surface area (Å²) in [5, 5.41) is 7.68. The van der Waals surface area contributed by atoms with Gasteiger partial charge in [0.2, 0.25) is 11.9 Å². The number of allylic oxidation sites excluding steroid dienone is 2. The number of Topliss-reactive ketones (excluding diaryl/α,β-unsaturated/α-hetero) is 1. The fraction of sp³-hybridized carbons (Fsp3) is 0.292. The molecule has 0 radical (unpaired) electrons. The number of nitrogen functional groups attached to an aromatic ring is 1. The molecule has 5 rings (SSSR count). The lowest BCUT2D eigenvalue weighted by atomic mass is 9.78. The third-order valence-electron chi connectivity index (χ3n) is 6.25. The minimum absolute atomic E-state index is 0.00751. The van der Waals surface area contributed by atoms with E-state index in [9.17, 15) is 4.79 Å². The minimum Gasteiger partial charge on any atom is -0.497 e. The zero-order chi connectivity index (χ0) is 23.1. The summed E-state index contributed by atoms with van der Waals surface area (Å²) >= 11 is 0. The number of fused-ring (bicyclic) bond motifs is 1. The smallest absolute Gasteiger partial charge is 0.241 e. The first-order valence-corrected chi connectivity index (χ1v) is 10.6. The van der Waals surface area contributed by atoms with Gasteiger partial charge in [0.05, 0.1) is 21.3 Å². The van der Waals surface area contributed by atoms with E-state index < -0.39 is 6.04 Å². The normalized spacial score (nSPS) is 19.4. The van der Waals surface area contributed by atoms with Crippen LogP contribution < -0.4 is 25.3 Å². The quantitative estimate of drug-likeness (QED) is 0.613. The van der Waals surface area contributed by atoms with E-state index in [1.807, 2.05) is 42.5 Å². The molecule has 0 spiro atoms. The number of methoxy groups -OCH3 is 3. The summed E-state index contributed by atoms with van der Waals surface area (Å²) in [5.41, 5.74) is 9.37. The molecule has 0 saturated carbocycles. The van der Waals surface area contributed by atoms with Crippen molar-refractivity contribution in [2.75, 3.05) is 32.4 Å². The Balaban J connectivity index is 1.56. The molecule has 2 aliphatic rings. The Morgan fingerprint density at radius 3 is 2.39 bits per heavy atom. The topological polar surface area (TPSA) is 114 Å². The zero-order valence-corrected chi connectivity index (χ0v) is 18.7. The van der Waals surface area contributed by atoms with Crippen LogP contribution in [0.25, 0.3) is 0 Å². The molecular formula is C24H25N5O4. The number of hydrogen-bond acceptors (Lipinski definition) is 8. The van der Waals surface area contributed by atoms with Crippen LogP contribution in [0.5, 0.6) is 17.2 Å². The second-order valence-corrected chi connectivity index (χ2v) is 8.07. The Morgan fingerprint density at radius 1 is 0.970 bits per heavy atom. The van der Waals surface area contributed by atoms with Crippen molar-refractivity contribution < 1.29 is 19.0 Å². The number of ether oxygens (including phenoxy) is 3. The van der Waals surface area contributed by atoms with Crippen LogP contribution in [-0.4, -0.2) is 41.9 Å². The summed E-state index contributed by atoms with van der Waals surface area (Å²) in [6.07, 6.45) is 1.03. The second kappa shape index (κ2) is 8.16. The van der Waals surface area contributed by atoms with Crippen molar-refractivity contribution in [1.82, 2.24) is 14.8 Å². The molecule has 2 unspecified atom stereocenters. The summed E-state index contributed by atoms with van der Waals surface area (Å²) in [6, 6.07) is 13.0. The molecule has 9 heteroatoms. The molecule has 1 aromatic heterocycles. The number of benzene rings is 2. The maximum Gasteiger partial charge on any atom is 0.241 e. The maximum absolute atomic E-state index is 13.5. The van der Waals surface area contributed by atoms with E-state index >= 15 is 0 Å². The molecule has 0 saturated heterocycles. The van der Waals surface area contributed by atoms with Gasteiger partial charge in [0.1, 0.15) is 11.8 Å². The number of rotatable bonds is 5. The van der Waals surface area contributed by atoms with Crippen molar-refractivity contribution in [3.63, 3.8) is 0 Å². The van der Waals surface area contributed by atoms with Gasteiger partial charge in [-0.25, -0.2) is 4.68 Å². The Labute approximate surface area is 191 Å². The third kappa shape index (κ3) is 3.55. The van der Waals surface area contributed by atoms with Crippen LogP contribution in [0.3, 0.4) is 0 Å². The number of carbonyl (C=O) groups excluding carboxylic acids is 1. The van der Waals surface area contributed by atoms with Crippen molar-refractivity contribution in [2.45, 2.75) is 24.8 Å². The molecule has 2 aromatic carbocycles. The van der Waals surface area contributed by atoms with Crippen LogP contribution in [0.15, 0.2) is 53.7 Å². The van der Waals surface area contributed by atoms with Crippen LogP contribution in [-0.2, 0) is 4.79 Å². The van der Waals surface area contributed by atoms with E-state index in [1.165, 1.54) is 0 Å². The lowest BCUT2D eigenvalue weighted by molar-refractivity contribution is -0.116. The molecule has 1 aliphatic carbocycles. The highest BCUT2D eigenvalue weighted by atomic mass is 16.5. The minimum atomic E-state index is -0.411. The van der Waals surface area contributed by atoms with Crippen LogP contribution in [0.1, 0.15) is 35.9 Å². The molecule has 3 aromatic rings. The van der Waals surface area contributed by atoms with Gasteiger partial charge in [-0.05, 0) is 47.7 Å². The van der Waals surface area contributed by atoms with Crippen molar-refractivity contribution in [3.05, 3.63) is 64.9 Å². The van der Waals surface area contributed by atoms with Crippen molar-refractivity contribution in [3.8, 4) is 17.2 Å². The van der Waals surface area contributed by atoms with Gasteiger partial charge in [0.25, 0.3) is 0 Å². The summed E-state index contributed by atoms with van der Waals surface area (Å²) in [4.78, 5) is 17.9. The molecule has 3 N–H and O–H groups in total. The molecule has 2 atom stereocenters. The molecule has 0 fully saturated rings. The van der Waals surface area contributed by atoms with Crippen LogP contribution in [0.2, 0.25) is 0 Å². The van der Waals surface area contributed by atoms with E-state index in [4.69, 9.17) is 19.9 Å². The van der Waals surface area contributed by atoms with Crippen molar-refractivity contribution in [1.29, 1.82) is 0 Å². The third-order valence-corrected chi connectivity index (χ3v) is 6.25. The number of ketones is 1. The van der Waals surface area contributed by atoms with Gasteiger partial charge < -0.3 is 25.3 Å². The predicted molar refractivity (Wildman–Crippen MR) is 123 cm³/mol. The van der Waals surface area contributed by atoms with Gasteiger partial charge in [0.15, 0.2) is 17.3 Å². The molecule has 170 valence electrons. The van der Waals surface area contributed by atoms with Gasteiger partial charge in [-0.15, -0.1) is 5.10 Å². The molecule has 1 aliphatic heterocycles. The Morgan fingerprint density at radius 2 is 1.70 bits per heavy atom. The molecule has 0 bridgehead atoms. The molecular weight excluding hydrogens is 422 g/mol. The van der Waals surface area contributed by atoms with Crippen LogP contribution >= 0.6 is 0 Å². The van der Waals surface area contributed by atoms with E-state index in [1.54, 1.807) is 26.0 Å². The standard InChI is InChI=1S/C24H25N5O4/c1-31-16-7-4-13(5-8-16)22-21-17(26-24-27-23(25)28-29(22)24)10-15(11-18(21)30)14-6-9-19(32-2)20(12-14)33-3/h4-9,12,15,22H,10-11H2,1-3H3,(H3,25,26,27,28). The first-order chi connectivity index (χ1) is 16.0. The van der Waals surface area contributed by atoms with Gasteiger partial charge >= 0.3 is 0 Å². The average Bonchev–Trinajstić information content (AvgIpc) is 3.21. The van der Waals surface area contributed by atoms with Gasteiger partial charge in [-0.1, -0.05) is 18.2 Å². The van der Waals surface area contributed by atoms with Crippen LogP contribution in [0, 0.1) is 0 Å². The number of nitrogens with zero attached hydrogens (tertiary/aromatic N) is 3. The highest BCUT2D eigenvalue weighted by Gasteiger charge is 2.39. The lowest BCUT2D eigenvalue weighted by Crippen LogP contribution is -2.33. The highest BCUT2D eigenvalue weighted by molar-refractivity contribution is 6.00. The van der Waals surface area contributed by atoms with E-state index in [0.717, 1.165) is 22.6 Å². The number of aromatic nitrogens is 3. The van der Waals surface area contributed by atoms with E-state index in [0.29, 0.717) is 35.9 Å². The summed E-state index contributed by atoms with van der Waals surface area (Å²) in [7, 11) is 4.83. The monoisotopic (exact) mass is 447 g/mol. The number of anilines is 2. The number of nitrogens with one attached hydrogen (secondary N) is 1. The molecule has 9 nitrogen and oxygen atoms in total. The number of carbonyl (C=O) groups is 1. The SMILES string of the molecule is COc1ccc(C2C3=C(CC(c4ccc(OC)c(OC)c4)CC3=O)Nc3nc(N)nn32)cc1. The Kier molecular flexibility index (Phi) is 5.16. The van der Waals surface area contributed by atoms with Crippen molar-refractivity contribution in [2.24, 2.45) is 0 Å². The number of nitrogens with two attached hydrogens (primary N) is 1. The fourth-order valence-corrected chi connectivity index (χ4v) is 4.67. The largest absolute Gasteiger partial charge is 0.497 e. The maximum atomic E-state index is 13.5. The zero-order valence-electron chi connectivity index (χ0n) is 18.7. The fourth-order valence-electron chi connectivity index (χ4n) is 4.67. The first-order valence-electron chi connectivity index (χ1n) is 10.6. The molecule has 2 heterocycles. The predicted octanol–water partition coefficient (Wildman–Crippen LogP) is 3.30. The summed E-state index contributed by atoms with van der Waals surface area (Å²) < 4.78 is 17.8. The summed E-state index contributed by atoms with van der Waals surface area (Å²) in [6.45, 7) is 0. The number of hydrogen-bond donors (Lipinski definition) is 2. The second-order valence-electron chi connectivity index (χ2n) is 8.07. The highest BCUT2D eigenvalue weighted by Crippen LogP contribution is 2.45. The molecule has 0 amide bonds. The Hall–Kier alpha value is -4.01. The van der Waals surface area contributed by atoms with Gasteiger partial charge in [-0.3, -0.25) is 4.79 Å². The summed E-state index contributed by atoms with van der Waals surface area (Å²) in [5.74, 6) is 2.76. The molecule has 33 heavy (non-hydrogen) atoms. The van der Waals surface area contributed by atoms with Crippen LogP contribution in [0.4, 0.5) is 11.9 Å². The average molecular weight is 447 g/mol. The van der Waals surface area contributed by atoms with E-state index in [-0.39, 0.29) is 17.6 Å².